The van der Waals surface area contributed by atoms with Gasteiger partial charge in [-0.25, -0.2) is 0 Å². The number of nitrogens with one attached hydrogen (secondary N) is 1. The first-order valence-electron chi connectivity index (χ1n) is 5.68. The molecule has 2 N–H and O–H groups in total. The highest BCUT2D eigenvalue weighted by molar-refractivity contribution is 5.83. The van der Waals surface area contributed by atoms with Crippen LogP contribution >= 0.6 is 0 Å². The van der Waals surface area contributed by atoms with E-state index in [1.165, 1.54) is 0 Å². The van der Waals surface area contributed by atoms with E-state index in [9.17, 15) is 4.79 Å². The Morgan fingerprint density at radius 2 is 2.27 bits per heavy atom. The van der Waals surface area contributed by atoms with Crippen molar-refractivity contribution in [3.63, 3.8) is 0 Å². The summed E-state index contributed by atoms with van der Waals surface area (Å²) in [6.07, 6.45) is 1.59. The van der Waals surface area contributed by atoms with Crippen molar-refractivity contribution >= 4 is 5.91 Å². The van der Waals surface area contributed by atoms with Gasteiger partial charge in [0.25, 0.3) is 0 Å². The third kappa shape index (κ3) is 3.18. The van der Waals surface area contributed by atoms with E-state index in [0.29, 0.717) is 12.3 Å². The molecule has 2 atom stereocenters. The molecule has 1 rings (SSSR count). The number of amides is 1. The fourth-order valence-electron chi connectivity index (χ4n) is 1.98. The van der Waals surface area contributed by atoms with Gasteiger partial charge in [-0.15, -0.1) is 0 Å². The second kappa shape index (κ2) is 5.47. The lowest BCUT2D eigenvalue weighted by Crippen LogP contribution is -2.45. The van der Waals surface area contributed by atoms with Crippen LogP contribution in [0.1, 0.15) is 26.7 Å². The number of likely N-dealkylation sites (N-methyl/N-ethyl adjacent to an activating group) is 1. The summed E-state index contributed by atoms with van der Waals surface area (Å²) < 4.78 is 0. The van der Waals surface area contributed by atoms with Gasteiger partial charge in [0, 0.05) is 26.2 Å². The molecule has 1 amide bonds. The third-order valence-corrected chi connectivity index (χ3v) is 3.09. The van der Waals surface area contributed by atoms with Crippen molar-refractivity contribution in [2.45, 2.75) is 38.8 Å². The average molecular weight is 214 g/mol. The largest absolute Gasteiger partial charge is 0.396 e. The summed E-state index contributed by atoms with van der Waals surface area (Å²) in [5, 5.41) is 12.3. The van der Waals surface area contributed by atoms with Gasteiger partial charge in [0.1, 0.15) is 0 Å². The molecule has 88 valence electrons. The molecule has 0 aromatic heterocycles. The molecule has 1 heterocycles. The molecule has 1 fully saturated rings. The minimum Gasteiger partial charge on any atom is -0.396 e. The van der Waals surface area contributed by atoms with E-state index >= 15 is 0 Å². The maximum Gasteiger partial charge on any atom is 0.239 e. The first-order valence-corrected chi connectivity index (χ1v) is 5.68. The number of carbonyl (C=O) groups is 1. The number of hydrogen-bond acceptors (Lipinski definition) is 3. The highest BCUT2D eigenvalue weighted by Crippen LogP contribution is 2.13. The summed E-state index contributed by atoms with van der Waals surface area (Å²) >= 11 is 0. The van der Waals surface area contributed by atoms with Crippen LogP contribution in [0.2, 0.25) is 0 Å². The molecule has 4 heteroatoms. The summed E-state index contributed by atoms with van der Waals surface area (Å²) in [5.74, 6) is 0.620. The van der Waals surface area contributed by atoms with Crippen LogP contribution in [0, 0.1) is 5.92 Å². The molecular weight excluding hydrogens is 192 g/mol. The Morgan fingerprint density at radius 1 is 1.60 bits per heavy atom. The first kappa shape index (κ1) is 12.5. The van der Waals surface area contributed by atoms with Crippen molar-refractivity contribution in [1.82, 2.24) is 10.2 Å². The van der Waals surface area contributed by atoms with Gasteiger partial charge in [-0.1, -0.05) is 13.8 Å². The first-order chi connectivity index (χ1) is 7.06. The normalized spacial score (nSPS) is 23.9. The Labute approximate surface area is 91.6 Å². The number of hydrogen-bond donors (Lipinski definition) is 2. The van der Waals surface area contributed by atoms with Gasteiger partial charge in [-0.2, -0.15) is 0 Å². The van der Waals surface area contributed by atoms with Crippen LogP contribution in [0.3, 0.4) is 0 Å². The number of rotatable bonds is 5. The van der Waals surface area contributed by atoms with Crippen LogP contribution < -0.4 is 5.32 Å². The van der Waals surface area contributed by atoms with Gasteiger partial charge in [0.2, 0.25) is 5.91 Å². The zero-order valence-corrected chi connectivity index (χ0v) is 9.86. The van der Waals surface area contributed by atoms with Gasteiger partial charge < -0.3 is 15.3 Å². The topological polar surface area (TPSA) is 52.6 Å². The zero-order valence-electron chi connectivity index (χ0n) is 9.86. The lowest BCUT2D eigenvalue weighted by atomic mass is 10.00. The summed E-state index contributed by atoms with van der Waals surface area (Å²) in [6.45, 7) is 5.22. The summed E-state index contributed by atoms with van der Waals surface area (Å²) in [6, 6.07) is 0.185. The van der Waals surface area contributed by atoms with Crippen molar-refractivity contribution in [3.05, 3.63) is 0 Å². The standard InChI is InChI=1S/C11H22N2O2/c1-8(2)9(5-7-14)12-10-4-6-13(3)11(10)15/h8-10,12,14H,4-7H2,1-3H3/t9-,10+/m1/s1. The molecule has 1 saturated heterocycles. The molecular formula is C11H22N2O2. The molecule has 0 unspecified atom stereocenters. The SMILES string of the molecule is CC(C)[C@@H](CCO)N[C@H]1CCN(C)C1=O. The highest BCUT2D eigenvalue weighted by Gasteiger charge is 2.31. The number of carbonyl (C=O) groups excluding carboxylic acids is 1. The number of nitrogens with zero attached hydrogens (tertiary/aromatic N) is 1. The molecule has 1 aliphatic rings. The van der Waals surface area contributed by atoms with E-state index in [1.807, 2.05) is 7.05 Å². The maximum atomic E-state index is 11.7. The van der Waals surface area contributed by atoms with E-state index in [2.05, 4.69) is 19.2 Å². The van der Waals surface area contributed by atoms with Crippen molar-refractivity contribution < 1.29 is 9.90 Å². The Bertz CT molecular complexity index is 219. The Balaban J connectivity index is 2.48. The maximum absolute atomic E-state index is 11.7. The fraction of sp³-hybridized carbons (Fsp3) is 0.909. The average Bonchev–Trinajstić information content (AvgIpc) is 2.48. The van der Waals surface area contributed by atoms with E-state index in [-0.39, 0.29) is 24.6 Å². The van der Waals surface area contributed by atoms with Crippen molar-refractivity contribution in [2.75, 3.05) is 20.2 Å². The Hall–Kier alpha value is -0.610. The van der Waals surface area contributed by atoms with Crippen molar-refractivity contribution in [2.24, 2.45) is 5.92 Å². The molecule has 0 radical (unpaired) electrons. The van der Waals surface area contributed by atoms with Crippen LogP contribution in [0.5, 0.6) is 0 Å². The second-order valence-electron chi connectivity index (χ2n) is 4.63. The van der Waals surface area contributed by atoms with Gasteiger partial charge in [-0.05, 0) is 18.8 Å². The molecule has 0 aromatic rings. The summed E-state index contributed by atoms with van der Waals surface area (Å²) in [7, 11) is 1.83. The number of aliphatic hydroxyl groups excluding tert-OH is 1. The fourth-order valence-corrected chi connectivity index (χ4v) is 1.98. The predicted molar refractivity (Wildman–Crippen MR) is 59.5 cm³/mol. The van der Waals surface area contributed by atoms with E-state index in [1.54, 1.807) is 4.90 Å². The molecule has 0 bridgehead atoms. The van der Waals surface area contributed by atoms with Gasteiger partial charge in [-0.3, -0.25) is 4.79 Å². The van der Waals surface area contributed by atoms with E-state index in [0.717, 1.165) is 13.0 Å². The smallest absolute Gasteiger partial charge is 0.239 e. The molecule has 1 aliphatic heterocycles. The van der Waals surface area contributed by atoms with Crippen molar-refractivity contribution in [1.29, 1.82) is 0 Å². The van der Waals surface area contributed by atoms with Gasteiger partial charge in [0.15, 0.2) is 0 Å². The summed E-state index contributed by atoms with van der Waals surface area (Å²) in [4.78, 5) is 13.4. The van der Waals surface area contributed by atoms with Crippen LogP contribution in [0.15, 0.2) is 0 Å². The quantitative estimate of drug-likeness (QED) is 0.688. The van der Waals surface area contributed by atoms with E-state index in [4.69, 9.17) is 5.11 Å². The lowest BCUT2D eigenvalue weighted by Gasteiger charge is -2.24. The Morgan fingerprint density at radius 3 is 2.67 bits per heavy atom. The molecule has 0 saturated carbocycles. The highest BCUT2D eigenvalue weighted by atomic mass is 16.3. The van der Waals surface area contributed by atoms with Crippen molar-refractivity contribution in [3.8, 4) is 0 Å². The molecule has 4 nitrogen and oxygen atoms in total. The minimum atomic E-state index is -0.0473. The number of aliphatic hydroxyl groups is 1. The molecule has 15 heavy (non-hydrogen) atoms. The summed E-state index contributed by atoms with van der Waals surface area (Å²) in [5.41, 5.74) is 0. The molecule has 0 aliphatic carbocycles. The monoisotopic (exact) mass is 214 g/mol. The zero-order chi connectivity index (χ0) is 11.4. The van der Waals surface area contributed by atoms with Gasteiger partial charge in [0.05, 0.1) is 6.04 Å². The molecule has 0 aromatic carbocycles. The van der Waals surface area contributed by atoms with Crippen LogP contribution in [-0.2, 0) is 4.79 Å². The molecule has 0 spiro atoms. The third-order valence-electron chi connectivity index (χ3n) is 3.09. The Kier molecular flexibility index (Phi) is 4.54. The van der Waals surface area contributed by atoms with E-state index < -0.39 is 0 Å². The van der Waals surface area contributed by atoms with Crippen LogP contribution in [0.4, 0.5) is 0 Å². The number of likely N-dealkylation sites (tertiary alicyclic amines) is 1. The lowest BCUT2D eigenvalue weighted by molar-refractivity contribution is -0.128. The van der Waals surface area contributed by atoms with Gasteiger partial charge >= 0.3 is 0 Å². The second-order valence-corrected chi connectivity index (χ2v) is 4.63. The predicted octanol–water partition coefficient (Wildman–Crippen LogP) is 0.214. The minimum absolute atomic E-state index is 0.0473. The van der Waals surface area contributed by atoms with Crippen LogP contribution in [-0.4, -0.2) is 48.2 Å². The van der Waals surface area contributed by atoms with Crippen LogP contribution in [0.25, 0.3) is 0 Å².